The summed E-state index contributed by atoms with van der Waals surface area (Å²) in [5.74, 6) is 0. The Morgan fingerprint density at radius 3 is 2.68 bits per heavy atom. The van der Waals surface area contributed by atoms with Crippen molar-refractivity contribution >= 4 is 23.3 Å². The second kappa shape index (κ2) is 6.37. The summed E-state index contributed by atoms with van der Waals surface area (Å²) in [4.78, 5) is 2.48. The summed E-state index contributed by atoms with van der Waals surface area (Å²) >= 11 is 0. The molecule has 0 saturated carbocycles. The summed E-state index contributed by atoms with van der Waals surface area (Å²) < 4.78 is 2.10. The highest BCUT2D eigenvalue weighted by Gasteiger charge is 2.14. The molecule has 5 heteroatoms. The SMILES string of the molecule is CCn1nc(CN2CCNCC2)c2ccccc21.Cl. The van der Waals surface area contributed by atoms with E-state index in [1.807, 2.05) is 0 Å². The molecule has 1 aliphatic heterocycles. The van der Waals surface area contributed by atoms with Crippen LogP contribution in [-0.2, 0) is 13.1 Å². The first-order valence-electron chi connectivity index (χ1n) is 6.76. The summed E-state index contributed by atoms with van der Waals surface area (Å²) in [6.45, 7) is 8.46. The molecule has 0 amide bonds. The fraction of sp³-hybridized carbons (Fsp3) is 0.500. The molecule has 1 aromatic carbocycles. The van der Waals surface area contributed by atoms with Crippen LogP contribution in [0.3, 0.4) is 0 Å². The number of hydrogen-bond acceptors (Lipinski definition) is 3. The molecule has 2 aromatic rings. The summed E-state index contributed by atoms with van der Waals surface area (Å²) in [5, 5.41) is 9.45. The molecule has 0 unspecified atom stereocenters. The fourth-order valence-electron chi connectivity index (χ4n) is 2.64. The van der Waals surface area contributed by atoms with Crippen LogP contribution < -0.4 is 5.32 Å². The van der Waals surface area contributed by atoms with E-state index in [0.717, 1.165) is 39.3 Å². The van der Waals surface area contributed by atoms with E-state index in [-0.39, 0.29) is 12.4 Å². The maximum atomic E-state index is 4.76. The van der Waals surface area contributed by atoms with Crippen LogP contribution in [0.25, 0.3) is 10.9 Å². The number of nitrogens with zero attached hydrogens (tertiary/aromatic N) is 3. The number of para-hydroxylation sites is 1. The second-order valence-corrected chi connectivity index (χ2v) is 4.81. The highest BCUT2D eigenvalue weighted by atomic mass is 35.5. The molecule has 1 aromatic heterocycles. The Bertz CT molecular complexity index is 531. The van der Waals surface area contributed by atoms with Crippen molar-refractivity contribution in [3.05, 3.63) is 30.0 Å². The minimum Gasteiger partial charge on any atom is -0.314 e. The number of piperazine rings is 1. The molecule has 1 fully saturated rings. The third-order valence-corrected chi connectivity index (χ3v) is 3.62. The summed E-state index contributed by atoms with van der Waals surface area (Å²) in [7, 11) is 0. The monoisotopic (exact) mass is 280 g/mol. The molecule has 104 valence electrons. The number of hydrogen-bond donors (Lipinski definition) is 1. The minimum atomic E-state index is 0. The third kappa shape index (κ3) is 2.91. The van der Waals surface area contributed by atoms with Crippen molar-refractivity contribution in [2.24, 2.45) is 0 Å². The zero-order valence-electron chi connectivity index (χ0n) is 11.3. The molecular formula is C14H21ClN4. The number of halogens is 1. The largest absolute Gasteiger partial charge is 0.314 e. The standard InChI is InChI=1S/C14H20N4.ClH/c1-2-18-14-6-4-3-5-12(14)13(16-18)11-17-9-7-15-8-10-17;/h3-6,15H,2,7-11H2,1H3;1H. The minimum absolute atomic E-state index is 0. The van der Waals surface area contributed by atoms with E-state index in [4.69, 9.17) is 5.10 Å². The number of benzene rings is 1. The maximum Gasteiger partial charge on any atom is 0.0843 e. The van der Waals surface area contributed by atoms with Gasteiger partial charge in [0.25, 0.3) is 0 Å². The van der Waals surface area contributed by atoms with Gasteiger partial charge in [0.1, 0.15) is 0 Å². The fourth-order valence-corrected chi connectivity index (χ4v) is 2.64. The van der Waals surface area contributed by atoms with E-state index >= 15 is 0 Å². The first-order valence-corrected chi connectivity index (χ1v) is 6.76. The van der Waals surface area contributed by atoms with Crippen LogP contribution in [0, 0.1) is 0 Å². The van der Waals surface area contributed by atoms with Crippen molar-refractivity contribution in [3.63, 3.8) is 0 Å². The van der Waals surface area contributed by atoms with Crippen molar-refractivity contribution < 1.29 is 0 Å². The van der Waals surface area contributed by atoms with Gasteiger partial charge in [-0.15, -0.1) is 12.4 Å². The van der Waals surface area contributed by atoms with E-state index in [1.54, 1.807) is 0 Å². The summed E-state index contributed by atoms with van der Waals surface area (Å²) in [5.41, 5.74) is 2.47. The Morgan fingerprint density at radius 1 is 1.21 bits per heavy atom. The van der Waals surface area contributed by atoms with Crippen molar-refractivity contribution in [1.29, 1.82) is 0 Å². The molecule has 0 bridgehead atoms. The van der Waals surface area contributed by atoms with Crippen LogP contribution in [0.15, 0.2) is 24.3 Å². The van der Waals surface area contributed by atoms with Crippen LogP contribution >= 0.6 is 12.4 Å². The Balaban J connectivity index is 0.00000133. The predicted octanol–water partition coefficient (Wildman–Crippen LogP) is 1.88. The van der Waals surface area contributed by atoms with Gasteiger partial charge in [-0.3, -0.25) is 9.58 Å². The first kappa shape index (κ1) is 14.3. The molecule has 0 aliphatic carbocycles. The predicted molar refractivity (Wildman–Crippen MR) is 80.8 cm³/mol. The molecule has 0 spiro atoms. The van der Waals surface area contributed by atoms with E-state index in [1.165, 1.54) is 16.6 Å². The molecule has 1 aliphatic rings. The van der Waals surface area contributed by atoms with Gasteiger partial charge in [-0.2, -0.15) is 5.10 Å². The molecule has 1 saturated heterocycles. The molecule has 4 nitrogen and oxygen atoms in total. The number of rotatable bonds is 3. The van der Waals surface area contributed by atoms with Gasteiger partial charge in [-0.05, 0) is 13.0 Å². The second-order valence-electron chi connectivity index (χ2n) is 4.81. The lowest BCUT2D eigenvalue weighted by Crippen LogP contribution is -2.43. The number of aryl methyl sites for hydroxylation is 1. The highest BCUT2D eigenvalue weighted by Crippen LogP contribution is 2.19. The van der Waals surface area contributed by atoms with E-state index < -0.39 is 0 Å². The Morgan fingerprint density at radius 2 is 1.95 bits per heavy atom. The lowest BCUT2D eigenvalue weighted by Gasteiger charge is -2.26. The van der Waals surface area contributed by atoms with Gasteiger partial charge in [0.15, 0.2) is 0 Å². The van der Waals surface area contributed by atoms with Gasteiger partial charge in [-0.25, -0.2) is 0 Å². The molecular weight excluding hydrogens is 260 g/mol. The molecule has 0 atom stereocenters. The van der Waals surface area contributed by atoms with Gasteiger partial charge in [0.05, 0.1) is 11.2 Å². The van der Waals surface area contributed by atoms with Gasteiger partial charge in [-0.1, -0.05) is 18.2 Å². The van der Waals surface area contributed by atoms with Crippen molar-refractivity contribution in [2.75, 3.05) is 26.2 Å². The lowest BCUT2D eigenvalue weighted by molar-refractivity contribution is 0.231. The zero-order chi connectivity index (χ0) is 12.4. The van der Waals surface area contributed by atoms with Crippen LogP contribution in [0.1, 0.15) is 12.6 Å². The molecule has 1 N–H and O–H groups in total. The zero-order valence-corrected chi connectivity index (χ0v) is 12.1. The van der Waals surface area contributed by atoms with E-state index in [9.17, 15) is 0 Å². The number of fused-ring (bicyclic) bond motifs is 1. The van der Waals surface area contributed by atoms with E-state index in [0.29, 0.717) is 0 Å². The highest BCUT2D eigenvalue weighted by molar-refractivity contribution is 5.85. The van der Waals surface area contributed by atoms with E-state index in [2.05, 4.69) is 46.1 Å². The van der Waals surface area contributed by atoms with Crippen molar-refractivity contribution in [2.45, 2.75) is 20.0 Å². The normalized spacial score (nSPS) is 16.5. The third-order valence-electron chi connectivity index (χ3n) is 3.62. The van der Waals surface area contributed by atoms with Crippen LogP contribution in [0.4, 0.5) is 0 Å². The topological polar surface area (TPSA) is 33.1 Å². The Kier molecular flexibility index (Phi) is 4.80. The van der Waals surface area contributed by atoms with Crippen LogP contribution in [0.5, 0.6) is 0 Å². The number of nitrogens with one attached hydrogen (secondary N) is 1. The lowest BCUT2D eigenvalue weighted by atomic mass is 10.2. The molecule has 3 rings (SSSR count). The Hall–Kier alpha value is -1.10. The average Bonchev–Trinajstić information content (AvgIpc) is 2.78. The molecule has 2 heterocycles. The molecule has 19 heavy (non-hydrogen) atoms. The first-order chi connectivity index (χ1) is 8.88. The van der Waals surface area contributed by atoms with Gasteiger partial charge >= 0.3 is 0 Å². The van der Waals surface area contributed by atoms with Crippen molar-refractivity contribution in [3.8, 4) is 0 Å². The van der Waals surface area contributed by atoms with Crippen LogP contribution in [-0.4, -0.2) is 40.9 Å². The van der Waals surface area contributed by atoms with Crippen LogP contribution in [0.2, 0.25) is 0 Å². The van der Waals surface area contributed by atoms with Crippen molar-refractivity contribution in [1.82, 2.24) is 20.0 Å². The average molecular weight is 281 g/mol. The Labute approximate surface area is 120 Å². The maximum absolute atomic E-state index is 4.76. The van der Waals surface area contributed by atoms with Gasteiger partial charge in [0, 0.05) is 44.7 Å². The smallest absolute Gasteiger partial charge is 0.0843 e. The quantitative estimate of drug-likeness (QED) is 0.932. The molecule has 0 radical (unpaired) electrons. The summed E-state index contributed by atoms with van der Waals surface area (Å²) in [6, 6.07) is 8.54. The van der Waals surface area contributed by atoms with Gasteiger partial charge < -0.3 is 5.32 Å². The number of aromatic nitrogens is 2. The van der Waals surface area contributed by atoms with Gasteiger partial charge in [0.2, 0.25) is 0 Å². The summed E-state index contributed by atoms with van der Waals surface area (Å²) in [6.07, 6.45) is 0.